The summed E-state index contributed by atoms with van der Waals surface area (Å²) in [6.45, 7) is 2.98. The average molecular weight is 460 g/mol. The number of halogens is 2. The molecule has 1 spiro atoms. The highest BCUT2D eigenvalue weighted by atomic mass is 32.2. The first kappa shape index (κ1) is 21.9. The lowest BCUT2D eigenvalue weighted by molar-refractivity contribution is -0.154. The molecule has 2 saturated heterocycles. The molecule has 0 amide bonds. The van der Waals surface area contributed by atoms with E-state index in [0.717, 1.165) is 12.8 Å². The minimum atomic E-state index is -1.17. The van der Waals surface area contributed by atoms with Gasteiger partial charge in [-0.25, -0.2) is 13.1 Å². The predicted molar refractivity (Wildman–Crippen MR) is 119 cm³/mol. The third kappa shape index (κ3) is 3.74. The Kier molecular flexibility index (Phi) is 5.55. The van der Waals surface area contributed by atoms with Crippen LogP contribution < -0.4 is 0 Å². The van der Waals surface area contributed by atoms with E-state index in [2.05, 4.69) is 23.4 Å². The minimum Gasteiger partial charge on any atom is -0.468 e. The molecule has 5 rings (SSSR count). The fraction of sp³-hybridized carbons (Fsp3) is 0.480. The summed E-state index contributed by atoms with van der Waals surface area (Å²) in [4.78, 5) is 12.5. The highest BCUT2D eigenvalue weighted by Crippen LogP contribution is 2.59. The Morgan fingerprint density at radius 3 is 2.56 bits per heavy atom. The van der Waals surface area contributed by atoms with Crippen molar-refractivity contribution in [3.05, 3.63) is 70.8 Å². The maximum atomic E-state index is 15.3. The maximum Gasteiger partial charge on any atom is 0.316 e. The molecule has 32 heavy (non-hydrogen) atoms. The van der Waals surface area contributed by atoms with E-state index >= 15 is 8.78 Å². The van der Waals surface area contributed by atoms with Crippen LogP contribution in [0.5, 0.6) is 0 Å². The molecule has 170 valence electrons. The van der Waals surface area contributed by atoms with E-state index in [1.54, 1.807) is 11.9 Å². The van der Waals surface area contributed by atoms with Gasteiger partial charge in [0.05, 0.1) is 19.3 Å². The minimum absolute atomic E-state index is 0.0771. The molecule has 2 atom stereocenters. The van der Waals surface area contributed by atoms with Gasteiger partial charge < -0.3 is 9.47 Å². The SMILES string of the molecule is COC(=O)C1(c2cc(F)c(CN3SC(c4ccccc4)CC[C@@H]3C)cc2F)CC2(CO2)C1. The highest BCUT2D eigenvalue weighted by Gasteiger charge is 2.68. The van der Waals surface area contributed by atoms with Crippen molar-refractivity contribution in [3.8, 4) is 0 Å². The number of hydrogen-bond donors (Lipinski definition) is 0. The first-order valence-electron chi connectivity index (χ1n) is 11.0. The third-order valence-electron chi connectivity index (χ3n) is 7.13. The van der Waals surface area contributed by atoms with Crippen LogP contribution in [0.1, 0.15) is 54.5 Å². The van der Waals surface area contributed by atoms with Gasteiger partial charge in [0.1, 0.15) is 17.0 Å². The van der Waals surface area contributed by atoms with E-state index in [9.17, 15) is 4.79 Å². The molecule has 3 fully saturated rings. The fourth-order valence-electron chi connectivity index (χ4n) is 5.18. The van der Waals surface area contributed by atoms with Crippen molar-refractivity contribution in [3.63, 3.8) is 0 Å². The Balaban J connectivity index is 1.38. The van der Waals surface area contributed by atoms with Crippen molar-refractivity contribution in [2.75, 3.05) is 13.7 Å². The summed E-state index contributed by atoms with van der Waals surface area (Å²) in [6, 6.07) is 13.0. The van der Waals surface area contributed by atoms with Crippen molar-refractivity contribution in [2.45, 2.75) is 61.5 Å². The van der Waals surface area contributed by atoms with Gasteiger partial charge in [0.2, 0.25) is 0 Å². The molecule has 1 saturated carbocycles. The Bertz CT molecular complexity index is 1020. The van der Waals surface area contributed by atoms with Gasteiger partial charge in [-0.05, 0) is 50.3 Å². The van der Waals surface area contributed by atoms with Crippen LogP contribution in [-0.2, 0) is 26.2 Å². The van der Waals surface area contributed by atoms with Gasteiger partial charge in [0, 0.05) is 29.0 Å². The second kappa shape index (κ2) is 8.12. The standard InChI is InChI=1S/C25H27F2NO3S/c1-16-8-9-22(17-6-4-3-5-7-17)32-28(16)12-18-10-21(27)19(11-20(18)26)25(23(29)30-2)13-24(14-25)15-31-24/h3-7,10-11,16,22H,8-9,12-15H2,1-2H3/t16-,22?,24?,25?/m0/s1. The number of nitrogens with zero attached hydrogens (tertiary/aromatic N) is 1. The zero-order valence-electron chi connectivity index (χ0n) is 18.3. The zero-order chi connectivity index (χ0) is 22.5. The molecule has 2 aromatic rings. The Hall–Kier alpha value is -1.96. The van der Waals surface area contributed by atoms with Crippen LogP contribution in [-0.4, -0.2) is 35.6 Å². The van der Waals surface area contributed by atoms with Crippen molar-refractivity contribution < 1.29 is 23.0 Å². The van der Waals surface area contributed by atoms with E-state index < -0.39 is 23.0 Å². The van der Waals surface area contributed by atoms with E-state index in [0.29, 0.717) is 36.8 Å². The Labute approximate surface area is 191 Å². The number of esters is 1. The lowest BCUT2D eigenvalue weighted by Gasteiger charge is -2.44. The van der Waals surface area contributed by atoms with Crippen LogP contribution in [0.2, 0.25) is 0 Å². The van der Waals surface area contributed by atoms with Gasteiger partial charge >= 0.3 is 5.97 Å². The molecular formula is C25H27F2NO3S. The van der Waals surface area contributed by atoms with Gasteiger partial charge in [0.25, 0.3) is 0 Å². The molecule has 1 aliphatic carbocycles. The number of ether oxygens (including phenoxy) is 2. The molecular weight excluding hydrogens is 432 g/mol. The number of epoxide rings is 1. The van der Waals surface area contributed by atoms with E-state index in [4.69, 9.17) is 9.47 Å². The number of carbonyl (C=O) groups excluding carboxylic acids is 1. The van der Waals surface area contributed by atoms with Gasteiger partial charge in [-0.3, -0.25) is 4.79 Å². The van der Waals surface area contributed by atoms with Gasteiger partial charge in [-0.15, -0.1) is 0 Å². The predicted octanol–water partition coefficient (Wildman–Crippen LogP) is 5.31. The van der Waals surface area contributed by atoms with Gasteiger partial charge in [0.15, 0.2) is 0 Å². The van der Waals surface area contributed by atoms with Crippen molar-refractivity contribution in [1.82, 2.24) is 4.31 Å². The molecule has 2 aromatic carbocycles. The molecule has 0 radical (unpaired) electrons. The van der Waals surface area contributed by atoms with Crippen molar-refractivity contribution in [1.29, 1.82) is 0 Å². The first-order valence-corrected chi connectivity index (χ1v) is 11.9. The van der Waals surface area contributed by atoms with Crippen LogP contribution in [0.25, 0.3) is 0 Å². The number of hydrogen-bond acceptors (Lipinski definition) is 5. The summed E-state index contributed by atoms with van der Waals surface area (Å²) in [6.07, 6.45) is 2.70. The van der Waals surface area contributed by atoms with Gasteiger partial charge in [-0.1, -0.05) is 42.3 Å². The second-order valence-electron chi connectivity index (χ2n) is 9.33. The number of rotatable bonds is 5. The quantitative estimate of drug-likeness (QED) is 0.344. The maximum absolute atomic E-state index is 15.3. The largest absolute Gasteiger partial charge is 0.468 e. The summed E-state index contributed by atoms with van der Waals surface area (Å²) in [5.74, 6) is -1.58. The molecule has 2 heterocycles. The number of carbonyl (C=O) groups is 1. The summed E-state index contributed by atoms with van der Waals surface area (Å²) in [7, 11) is 1.28. The second-order valence-corrected chi connectivity index (χ2v) is 10.6. The smallest absolute Gasteiger partial charge is 0.316 e. The molecule has 1 unspecified atom stereocenters. The van der Waals surface area contributed by atoms with E-state index in [1.165, 1.54) is 24.8 Å². The molecule has 4 nitrogen and oxygen atoms in total. The summed E-state index contributed by atoms with van der Waals surface area (Å²) in [5, 5.41) is 0.298. The number of benzene rings is 2. The van der Waals surface area contributed by atoms with Crippen molar-refractivity contribution in [2.24, 2.45) is 0 Å². The van der Waals surface area contributed by atoms with Crippen LogP contribution >= 0.6 is 11.9 Å². The van der Waals surface area contributed by atoms with E-state index in [1.807, 2.05) is 18.2 Å². The summed E-state index contributed by atoms with van der Waals surface area (Å²) in [5.41, 5.74) is 0.101. The zero-order valence-corrected chi connectivity index (χ0v) is 19.1. The lowest BCUT2D eigenvalue weighted by Crippen LogP contribution is -2.54. The van der Waals surface area contributed by atoms with Crippen LogP contribution in [0.15, 0.2) is 42.5 Å². The van der Waals surface area contributed by atoms with Gasteiger partial charge in [-0.2, -0.15) is 0 Å². The molecule has 2 aliphatic heterocycles. The normalized spacial score (nSPS) is 31.9. The van der Waals surface area contributed by atoms with E-state index in [-0.39, 0.29) is 17.2 Å². The van der Waals surface area contributed by atoms with Crippen LogP contribution in [0, 0.1) is 11.6 Å². The summed E-state index contributed by atoms with van der Waals surface area (Å²) >= 11 is 1.70. The number of methoxy groups -OCH3 is 1. The molecule has 0 bridgehead atoms. The fourth-order valence-corrected chi connectivity index (χ4v) is 6.56. The first-order chi connectivity index (χ1) is 15.4. The topological polar surface area (TPSA) is 42.1 Å². The molecule has 3 aliphatic rings. The Morgan fingerprint density at radius 1 is 1.19 bits per heavy atom. The Morgan fingerprint density at radius 2 is 1.91 bits per heavy atom. The van der Waals surface area contributed by atoms with Crippen LogP contribution in [0.3, 0.4) is 0 Å². The molecule has 7 heteroatoms. The third-order valence-corrected chi connectivity index (χ3v) is 8.65. The average Bonchev–Trinajstić information content (AvgIpc) is 3.57. The van der Waals surface area contributed by atoms with Crippen molar-refractivity contribution >= 4 is 17.9 Å². The summed E-state index contributed by atoms with van der Waals surface area (Å²) < 4.78 is 43.0. The molecule has 0 aromatic heterocycles. The van der Waals surface area contributed by atoms with Crippen LogP contribution in [0.4, 0.5) is 8.78 Å². The monoisotopic (exact) mass is 459 g/mol. The molecule has 0 N–H and O–H groups in total. The highest BCUT2D eigenvalue weighted by molar-refractivity contribution is 7.97. The lowest BCUT2D eigenvalue weighted by atomic mass is 9.58.